The largest absolute Gasteiger partial charge is 0.523 e. The number of hydrogen-bond donors (Lipinski definition) is 1. The van der Waals surface area contributed by atoms with E-state index in [1.165, 1.54) is 6.07 Å². The van der Waals surface area contributed by atoms with Crippen LogP contribution in [-0.2, 0) is 29.8 Å². The predicted octanol–water partition coefficient (Wildman–Crippen LogP) is 2.16. The lowest BCUT2D eigenvalue weighted by Gasteiger charge is -2.23. The lowest BCUT2D eigenvalue weighted by molar-refractivity contribution is -0.134. The fourth-order valence-electron chi connectivity index (χ4n) is 2.30. The number of rotatable bonds is 5. The molecule has 1 aromatic rings. The Bertz CT molecular complexity index is 821. The molecule has 2 rings (SSSR count). The average Bonchev–Trinajstić information content (AvgIpc) is 2.52. The molecular formula is C14H12F5NO5S. The summed E-state index contributed by atoms with van der Waals surface area (Å²) in [6, 6.07) is 4.20. The molecule has 1 aromatic carbocycles. The molecule has 1 saturated heterocycles. The van der Waals surface area contributed by atoms with Gasteiger partial charge in [0.2, 0.25) is 11.8 Å². The van der Waals surface area contributed by atoms with Crippen molar-refractivity contribution in [3.8, 4) is 0 Å². The van der Waals surface area contributed by atoms with Gasteiger partial charge < -0.3 is 0 Å². The smallest absolute Gasteiger partial charge is 0.296 e. The Morgan fingerprint density at radius 1 is 1.15 bits per heavy atom. The summed E-state index contributed by atoms with van der Waals surface area (Å²) in [6.45, 7) is -2.05. The van der Waals surface area contributed by atoms with Gasteiger partial charge in [0.15, 0.2) is 0 Å². The molecule has 0 spiro atoms. The maximum Gasteiger partial charge on any atom is 0.523 e. The van der Waals surface area contributed by atoms with Crippen LogP contribution in [0.1, 0.15) is 29.9 Å². The highest BCUT2D eigenvalue weighted by atomic mass is 32.2. The molecule has 0 radical (unpaired) electrons. The molecule has 1 N–H and O–H groups in total. The second kappa shape index (κ2) is 6.91. The minimum Gasteiger partial charge on any atom is -0.296 e. The standard InChI is InChI=1S/C14H12F5NO5S/c15-13(16,7-25-26(23,24)14(17,18)19)9-3-1-2-8(6-9)10-4-5-11(21)20-12(10)22/h1-3,6,10H,4-5,7H2,(H,20,21,22). The summed E-state index contributed by atoms with van der Waals surface area (Å²) in [4.78, 5) is 22.9. The highest BCUT2D eigenvalue weighted by Crippen LogP contribution is 2.34. The number of piperidine rings is 1. The van der Waals surface area contributed by atoms with Crippen molar-refractivity contribution >= 4 is 21.9 Å². The Morgan fingerprint density at radius 3 is 2.38 bits per heavy atom. The van der Waals surface area contributed by atoms with Crippen molar-refractivity contribution in [2.24, 2.45) is 0 Å². The van der Waals surface area contributed by atoms with Gasteiger partial charge in [0.1, 0.15) is 6.61 Å². The SMILES string of the molecule is O=C1CCC(c2cccc(C(F)(F)COS(=O)(=O)C(F)(F)F)c2)C(=O)N1. The second-order valence-electron chi connectivity index (χ2n) is 5.50. The van der Waals surface area contributed by atoms with Crippen LogP contribution in [0.25, 0.3) is 0 Å². The van der Waals surface area contributed by atoms with Crippen molar-refractivity contribution in [3.05, 3.63) is 35.4 Å². The van der Waals surface area contributed by atoms with Crippen LogP contribution in [0.3, 0.4) is 0 Å². The number of alkyl halides is 5. The molecule has 1 atom stereocenters. The zero-order valence-corrected chi connectivity index (χ0v) is 13.7. The van der Waals surface area contributed by atoms with Gasteiger partial charge in [-0.15, -0.1) is 0 Å². The number of amides is 2. The van der Waals surface area contributed by atoms with Gasteiger partial charge in [-0.1, -0.05) is 18.2 Å². The van der Waals surface area contributed by atoms with Crippen molar-refractivity contribution in [1.82, 2.24) is 5.32 Å². The third kappa shape index (κ3) is 4.36. The van der Waals surface area contributed by atoms with Gasteiger partial charge in [-0.25, -0.2) is 0 Å². The Labute approximate surface area is 144 Å². The summed E-state index contributed by atoms with van der Waals surface area (Å²) in [6.07, 6.45) is 0.0859. The normalized spacial score (nSPS) is 19.3. The molecule has 1 heterocycles. The van der Waals surface area contributed by atoms with Crippen molar-refractivity contribution in [3.63, 3.8) is 0 Å². The Morgan fingerprint density at radius 2 is 1.81 bits per heavy atom. The van der Waals surface area contributed by atoms with E-state index >= 15 is 0 Å². The quantitative estimate of drug-likeness (QED) is 0.354. The molecule has 1 fully saturated rings. The maximum atomic E-state index is 14.1. The molecule has 1 aliphatic rings. The van der Waals surface area contributed by atoms with E-state index in [1.54, 1.807) is 0 Å². The van der Waals surface area contributed by atoms with E-state index in [4.69, 9.17) is 0 Å². The molecule has 12 heteroatoms. The van der Waals surface area contributed by atoms with Crippen molar-refractivity contribution in [1.29, 1.82) is 0 Å². The van der Waals surface area contributed by atoms with Crippen LogP contribution < -0.4 is 5.32 Å². The average molecular weight is 401 g/mol. The highest BCUT2D eigenvalue weighted by molar-refractivity contribution is 7.87. The molecule has 1 aliphatic heterocycles. The monoisotopic (exact) mass is 401 g/mol. The van der Waals surface area contributed by atoms with Gasteiger partial charge in [-0.2, -0.15) is 30.4 Å². The first-order valence-electron chi connectivity index (χ1n) is 7.11. The molecule has 0 saturated carbocycles. The number of carbonyl (C=O) groups excluding carboxylic acids is 2. The summed E-state index contributed by atoms with van der Waals surface area (Å²) in [5.41, 5.74) is -6.53. The zero-order chi connectivity index (χ0) is 19.8. The first kappa shape index (κ1) is 20.2. The van der Waals surface area contributed by atoms with E-state index in [1.807, 2.05) is 0 Å². The highest BCUT2D eigenvalue weighted by Gasteiger charge is 2.49. The van der Waals surface area contributed by atoms with Crippen LogP contribution in [0, 0.1) is 0 Å². The molecule has 144 valence electrons. The third-order valence-electron chi connectivity index (χ3n) is 3.63. The number of nitrogens with one attached hydrogen (secondary N) is 1. The van der Waals surface area contributed by atoms with E-state index in [0.717, 1.165) is 18.2 Å². The molecule has 0 aromatic heterocycles. The lowest BCUT2D eigenvalue weighted by Crippen LogP contribution is -2.39. The number of halogens is 5. The third-order valence-corrected chi connectivity index (χ3v) is 4.62. The van der Waals surface area contributed by atoms with Crippen LogP contribution in [0.5, 0.6) is 0 Å². The van der Waals surface area contributed by atoms with E-state index in [9.17, 15) is 40.0 Å². The van der Waals surface area contributed by atoms with Crippen molar-refractivity contribution in [2.75, 3.05) is 6.61 Å². The van der Waals surface area contributed by atoms with Crippen LogP contribution in [0.2, 0.25) is 0 Å². The summed E-state index contributed by atoms with van der Waals surface area (Å²) < 4.78 is 89.5. The van der Waals surface area contributed by atoms with Gasteiger partial charge in [0, 0.05) is 12.0 Å². The van der Waals surface area contributed by atoms with Crippen LogP contribution in [0.4, 0.5) is 22.0 Å². The summed E-state index contributed by atoms with van der Waals surface area (Å²) in [7, 11) is -6.17. The van der Waals surface area contributed by atoms with Gasteiger partial charge in [0.05, 0.1) is 5.92 Å². The Kier molecular flexibility index (Phi) is 5.38. The van der Waals surface area contributed by atoms with Crippen LogP contribution in [-0.4, -0.2) is 32.3 Å². The summed E-state index contributed by atoms with van der Waals surface area (Å²) in [5.74, 6) is -6.13. The summed E-state index contributed by atoms with van der Waals surface area (Å²) in [5, 5.41) is 2.05. The van der Waals surface area contributed by atoms with E-state index in [0.29, 0.717) is 0 Å². The topological polar surface area (TPSA) is 89.5 Å². The Hall–Kier alpha value is -2.08. The van der Waals surface area contributed by atoms with Crippen LogP contribution >= 0.6 is 0 Å². The number of hydrogen-bond acceptors (Lipinski definition) is 5. The van der Waals surface area contributed by atoms with Gasteiger partial charge >= 0.3 is 15.6 Å². The molecule has 26 heavy (non-hydrogen) atoms. The molecule has 2 amide bonds. The number of carbonyl (C=O) groups is 2. The first-order valence-corrected chi connectivity index (χ1v) is 8.52. The van der Waals surface area contributed by atoms with E-state index in [-0.39, 0.29) is 18.4 Å². The van der Waals surface area contributed by atoms with Gasteiger partial charge in [-0.05, 0) is 18.1 Å². The molecule has 0 aliphatic carbocycles. The first-order chi connectivity index (χ1) is 11.8. The van der Waals surface area contributed by atoms with Gasteiger partial charge in [-0.3, -0.25) is 19.1 Å². The maximum absolute atomic E-state index is 14.1. The van der Waals surface area contributed by atoms with Gasteiger partial charge in [0.25, 0.3) is 5.92 Å². The zero-order valence-electron chi connectivity index (χ0n) is 12.8. The van der Waals surface area contributed by atoms with Crippen molar-refractivity contribution in [2.45, 2.75) is 30.2 Å². The minimum absolute atomic E-state index is 0.00393. The molecular weight excluding hydrogens is 389 g/mol. The molecule has 6 nitrogen and oxygen atoms in total. The number of imide groups is 1. The lowest BCUT2D eigenvalue weighted by atomic mass is 9.89. The minimum atomic E-state index is -6.17. The van der Waals surface area contributed by atoms with E-state index < -0.39 is 51.5 Å². The van der Waals surface area contributed by atoms with Crippen molar-refractivity contribution < 1.29 is 44.1 Å². The second-order valence-corrected chi connectivity index (χ2v) is 7.10. The molecule has 1 unspecified atom stereocenters. The fourth-order valence-corrected chi connectivity index (χ4v) is 2.73. The van der Waals surface area contributed by atoms with E-state index in [2.05, 4.69) is 9.50 Å². The molecule has 0 bridgehead atoms. The summed E-state index contributed by atoms with van der Waals surface area (Å²) >= 11 is 0. The predicted molar refractivity (Wildman–Crippen MR) is 76.4 cm³/mol. The number of benzene rings is 1. The fraction of sp³-hybridized carbons (Fsp3) is 0.429. The Balaban J connectivity index is 2.20. The van der Waals surface area contributed by atoms with Crippen LogP contribution in [0.15, 0.2) is 24.3 Å².